The van der Waals surface area contributed by atoms with Crippen molar-refractivity contribution in [1.82, 2.24) is 4.90 Å². The number of amides is 1. The molecule has 2 N–H and O–H groups in total. The predicted molar refractivity (Wildman–Crippen MR) is 75.1 cm³/mol. The lowest BCUT2D eigenvalue weighted by atomic mass is 9.52. The van der Waals surface area contributed by atoms with Crippen molar-refractivity contribution in [2.24, 2.45) is 10.8 Å². The molecule has 118 valence electrons. The number of fused-ring (bicyclic) bond motifs is 2. The van der Waals surface area contributed by atoms with Gasteiger partial charge in [0.05, 0.1) is 5.54 Å². The Labute approximate surface area is 124 Å². The van der Waals surface area contributed by atoms with Gasteiger partial charge in [0.15, 0.2) is 5.78 Å². The number of carboxylic acid groups (broad SMARTS) is 2. The molecule has 0 aromatic carbocycles. The number of carbonyl (C=O) groups excluding carboxylic acids is 1. The van der Waals surface area contributed by atoms with Crippen molar-refractivity contribution in [3.8, 4) is 0 Å². The van der Waals surface area contributed by atoms with Crippen LogP contribution in [0.5, 0.6) is 0 Å². The fraction of sp³-hybridized carbons (Fsp3) is 0.800. The van der Waals surface area contributed by atoms with Gasteiger partial charge in [0.25, 0.3) is 0 Å². The Hall–Kier alpha value is -1.59. The molecule has 0 saturated carbocycles. The van der Waals surface area contributed by atoms with Gasteiger partial charge in [0.2, 0.25) is 0 Å². The molecule has 2 fully saturated rings. The van der Waals surface area contributed by atoms with Crippen LogP contribution in [0.4, 0.5) is 4.79 Å². The average Bonchev–Trinajstić information content (AvgIpc) is 2.64. The number of piperidine rings is 1. The zero-order valence-corrected chi connectivity index (χ0v) is 13.0. The molecular weight excluding hydrogens is 274 g/mol. The van der Waals surface area contributed by atoms with Crippen LogP contribution < -0.4 is 0 Å². The number of carbonyl (C=O) groups is 3. The Balaban J connectivity index is 2.81. The van der Waals surface area contributed by atoms with Gasteiger partial charge in [0, 0.05) is 12.5 Å². The largest absolute Gasteiger partial charge is 0.480 e. The molecule has 2 bridgehead atoms. The van der Waals surface area contributed by atoms with Gasteiger partial charge < -0.3 is 10.2 Å². The molecule has 0 radical (unpaired) electrons. The summed E-state index contributed by atoms with van der Waals surface area (Å²) in [7, 11) is 0. The molecule has 2 rings (SSSR count). The van der Waals surface area contributed by atoms with E-state index in [0.717, 1.165) is 0 Å². The molecule has 6 heteroatoms. The summed E-state index contributed by atoms with van der Waals surface area (Å²) >= 11 is 0. The van der Waals surface area contributed by atoms with Crippen molar-refractivity contribution >= 4 is 17.8 Å². The van der Waals surface area contributed by atoms with Crippen LogP contribution in [0.1, 0.15) is 53.4 Å². The molecule has 0 aromatic rings. The van der Waals surface area contributed by atoms with E-state index in [1.165, 1.54) is 4.90 Å². The van der Waals surface area contributed by atoms with E-state index in [-0.39, 0.29) is 18.6 Å². The van der Waals surface area contributed by atoms with Crippen molar-refractivity contribution < 1.29 is 24.6 Å². The van der Waals surface area contributed by atoms with Crippen LogP contribution >= 0.6 is 0 Å². The van der Waals surface area contributed by atoms with Crippen molar-refractivity contribution in [2.45, 2.75) is 65.0 Å². The topological polar surface area (TPSA) is 94.9 Å². The van der Waals surface area contributed by atoms with Crippen LogP contribution in [0, 0.1) is 10.8 Å². The van der Waals surface area contributed by atoms with Crippen LogP contribution in [-0.2, 0) is 9.59 Å². The summed E-state index contributed by atoms with van der Waals surface area (Å²) in [5, 5.41) is 19.5. The second-order valence-electron chi connectivity index (χ2n) is 7.15. The highest BCUT2D eigenvalue weighted by Crippen LogP contribution is 2.61. The van der Waals surface area contributed by atoms with Crippen molar-refractivity contribution in [3.05, 3.63) is 0 Å². The summed E-state index contributed by atoms with van der Waals surface area (Å²) < 4.78 is 0. The minimum absolute atomic E-state index is 0.00424. The number of aliphatic carboxylic acids is 1. The second-order valence-corrected chi connectivity index (χ2v) is 7.15. The van der Waals surface area contributed by atoms with Gasteiger partial charge in [-0.3, -0.25) is 14.5 Å². The van der Waals surface area contributed by atoms with Gasteiger partial charge in [-0.15, -0.1) is 0 Å². The first-order chi connectivity index (χ1) is 9.56. The van der Waals surface area contributed by atoms with E-state index < -0.39 is 34.5 Å². The highest BCUT2D eigenvalue weighted by Gasteiger charge is 2.74. The van der Waals surface area contributed by atoms with Gasteiger partial charge in [-0.2, -0.15) is 0 Å². The molecule has 3 atom stereocenters. The molecule has 2 aliphatic rings. The quantitative estimate of drug-likeness (QED) is 0.763. The summed E-state index contributed by atoms with van der Waals surface area (Å²) in [6.45, 7) is 7.16. The van der Waals surface area contributed by atoms with Gasteiger partial charge in [-0.05, 0) is 24.7 Å². The number of carboxylic acids is 1. The standard InChI is InChI=1S/C15H23NO5/c1-5-14(11(18)19)10(17)8-9-6-7-15(14,13(2,3)4)16(9)12(20)21/h9H,5-8H2,1-4H3,(H,18,19)(H,20,21). The SMILES string of the molecule is CCC1(C(=O)O)C(=O)CC2CCC1(C(C)(C)C)N2C(=O)O. The molecule has 2 aliphatic heterocycles. The number of hydrogen-bond acceptors (Lipinski definition) is 3. The summed E-state index contributed by atoms with van der Waals surface area (Å²) in [6, 6.07) is -0.395. The molecule has 21 heavy (non-hydrogen) atoms. The molecule has 0 aromatic heterocycles. The van der Waals surface area contributed by atoms with E-state index in [0.29, 0.717) is 12.8 Å². The van der Waals surface area contributed by atoms with Gasteiger partial charge in [-0.25, -0.2) is 4.79 Å². The Bertz CT molecular complexity index is 509. The maximum absolute atomic E-state index is 12.7. The highest BCUT2D eigenvalue weighted by molar-refractivity contribution is 6.07. The zero-order valence-electron chi connectivity index (χ0n) is 13.0. The van der Waals surface area contributed by atoms with Crippen LogP contribution in [0.2, 0.25) is 0 Å². The summed E-state index contributed by atoms with van der Waals surface area (Å²) in [4.78, 5) is 37.9. The molecular formula is C15H23NO5. The Morgan fingerprint density at radius 1 is 1.33 bits per heavy atom. The zero-order chi connectivity index (χ0) is 16.2. The van der Waals surface area contributed by atoms with Gasteiger partial charge in [-0.1, -0.05) is 27.7 Å². The van der Waals surface area contributed by atoms with E-state index in [1.54, 1.807) is 6.92 Å². The molecule has 0 spiro atoms. The van der Waals surface area contributed by atoms with Crippen LogP contribution in [0.25, 0.3) is 0 Å². The molecule has 0 aliphatic carbocycles. The third-order valence-corrected chi connectivity index (χ3v) is 5.56. The summed E-state index contributed by atoms with van der Waals surface area (Å²) in [6.07, 6.45) is -0.0536. The average molecular weight is 297 g/mol. The Morgan fingerprint density at radius 2 is 1.90 bits per heavy atom. The van der Waals surface area contributed by atoms with E-state index in [4.69, 9.17) is 0 Å². The van der Waals surface area contributed by atoms with Gasteiger partial charge in [0.1, 0.15) is 5.41 Å². The summed E-state index contributed by atoms with van der Waals surface area (Å²) in [5.74, 6) is -1.52. The fourth-order valence-corrected chi connectivity index (χ4v) is 4.80. The van der Waals surface area contributed by atoms with E-state index in [2.05, 4.69) is 0 Å². The molecule has 3 unspecified atom stereocenters. The monoisotopic (exact) mass is 297 g/mol. The normalized spacial score (nSPS) is 35.9. The Kier molecular flexibility index (Phi) is 3.35. The first kappa shape index (κ1) is 15.8. The highest BCUT2D eigenvalue weighted by atomic mass is 16.4. The van der Waals surface area contributed by atoms with E-state index in [9.17, 15) is 24.6 Å². The number of hydrogen-bond donors (Lipinski definition) is 2. The Morgan fingerprint density at radius 3 is 2.29 bits per heavy atom. The smallest absolute Gasteiger partial charge is 0.408 e. The number of rotatable bonds is 2. The fourth-order valence-electron chi connectivity index (χ4n) is 4.80. The lowest BCUT2D eigenvalue weighted by Crippen LogP contribution is -2.74. The third-order valence-electron chi connectivity index (χ3n) is 5.56. The molecule has 2 saturated heterocycles. The molecule has 6 nitrogen and oxygen atoms in total. The maximum atomic E-state index is 12.7. The number of nitrogens with zero attached hydrogens (tertiary/aromatic N) is 1. The molecule has 2 heterocycles. The first-order valence-electron chi connectivity index (χ1n) is 7.35. The predicted octanol–water partition coefficient (Wildman–Crippen LogP) is 2.37. The maximum Gasteiger partial charge on any atom is 0.408 e. The van der Waals surface area contributed by atoms with Crippen LogP contribution in [0.15, 0.2) is 0 Å². The lowest BCUT2D eigenvalue weighted by Gasteiger charge is -2.59. The van der Waals surface area contributed by atoms with E-state index >= 15 is 0 Å². The van der Waals surface area contributed by atoms with Crippen molar-refractivity contribution in [3.63, 3.8) is 0 Å². The number of ketones is 1. The van der Waals surface area contributed by atoms with Crippen molar-refractivity contribution in [1.29, 1.82) is 0 Å². The number of Topliss-reactive ketones (excluding diaryl/α,β-unsaturated/α-hetero) is 1. The van der Waals surface area contributed by atoms with Crippen molar-refractivity contribution in [2.75, 3.05) is 0 Å². The minimum Gasteiger partial charge on any atom is -0.480 e. The summed E-state index contributed by atoms with van der Waals surface area (Å²) in [5.41, 5.74) is -3.49. The van der Waals surface area contributed by atoms with Gasteiger partial charge >= 0.3 is 12.1 Å². The first-order valence-corrected chi connectivity index (χ1v) is 7.35. The second kappa shape index (κ2) is 4.45. The van der Waals surface area contributed by atoms with Crippen LogP contribution in [-0.4, -0.2) is 44.5 Å². The molecule has 1 amide bonds. The third kappa shape index (κ3) is 1.61. The van der Waals surface area contributed by atoms with E-state index in [1.807, 2.05) is 20.8 Å². The lowest BCUT2D eigenvalue weighted by molar-refractivity contribution is -0.181. The minimum atomic E-state index is -1.66. The van der Waals surface area contributed by atoms with Crippen LogP contribution in [0.3, 0.4) is 0 Å².